The van der Waals surface area contributed by atoms with Crippen molar-refractivity contribution in [3.05, 3.63) is 0 Å². The van der Waals surface area contributed by atoms with Gasteiger partial charge in [0.1, 0.15) is 6.04 Å². The third-order valence-electron chi connectivity index (χ3n) is 2.47. The third-order valence-corrected chi connectivity index (χ3v) is 2.74. The van der Waals surface area contributed by atoms with Gasteiger partial charge in [0.2, 0.25) is 5.91 Å². The molecule has 1 rings (SSSR count). The molecule has 0 aromatic rings. The Balaban J connectivity index is 2.35. The van der Waals surface area contributed by atoms with Crippen LogP contribution in [0.25, 0.3) is 0 Å². The summed E-state index contributed by atoms with van der Waals surface area (Å²) in [6, 6.07) is -0.227. The zero-order chi connectivity index (χ0) is 11.3. The lowest BCUT2D eigenvalue weighted by Gasteiger charge is -2.22. The predicted octanol–water partition coefficient (Wildman–Crippen LogP) is 0.481. The Labute approximate surface area is 96.4 Å². The van der Waals surface area contributed by atoms with Crippen LogP contribution in [0.2, 0.25) is 0 Å². The monoisotopic (exact) mass is 229 g/mol. The van der Waals surface area contributed by atoms with E-state index in [9.17, 15) is 4.79 Å². The van der Waals surface area contributed by atoms with E-state index in [-0.39, 0.29) is 11.9 Å². The first kappa shape index (κ1) is 12.2. The largest absolute Gasteiger partial charge is 0.363 e. The highest BCUT2D eigenvalue weighted by Gasteiger charge is 2.23. The van der Waals surface area contributed by atoms with Crippen LogP contribution in [-0.4, -0.2) is 41.6 Å². The van der Waals surface area contributed by atoms with E-state index in [0.29, 0.717) is 5.11 Å². The van der Waals surface area contributed by atoms with Crippen molar-refractivity contribution in [3.63, 3.8) is 0 Å². The first-order chi connectivity index (χ1) is 7.15. The quantitative estimate of drug-likeness (QED) is 0.691. The maximum Gasteiger partial charge on any atom is 0.244 e. The van der Waals surface area contributed by atoms with Crippen molar-refractivity contribution in [1.29, 1.82) is 0 Å². The van der Waals surface area contributed by atoms with Crippen LogP contribution in [0.15, 0.2) is 0 Å². The fourth-order valence-corrected chi connectivity index (χ4v) is 2.00. The maximum absolute atomic E-state index is 11.9. The smallest absolute Gasteiger partial charge is 0.244 e. The summed E-state index contributed by atoms with van der Waals surface area (Å²) in [4.78, 5) is 13.8. The molecular weight excluding hydrogens is 210 g/mol. The average Bonchev–Trinajstić information content (AvgIpc) is 2.69. The normalized spacial score (nSPS) is 17.3. The van der Waals surface area contributed by atoms with Gasteiger partial charge in [0, 0.05) is 19.6 Å². The Bertz CT molecular complexity index is 239. The van der Waals surface area contributed by atoms with Crippen LogP contribution in [0.5, 0.6) is 0 Å². The lowest BCUT2D eigenvalue weighted by atomic mass is 10.3. The van der Waals surface area contributed by atoms with Gasteiger partial charge >= 0.3 is 0 Å². The molecule has 0 bridgehead atoms. The molecule has 1 saturated heterocycles. The highest BCUT2D eigenvalue weighted by atomic mass is 32.1. The van der Waals surface area contributed by atoms with Crippen molar-refractivity contribution < 1.29 is 4.79 Å². The molecule has 2 N–H and O–H groups in total. The van der Waals surface area contributed by atoms with E-state index in [4.69, 9.17) is 12.2 Å². The van der Waals surface area contributed by atoms with Crippen molar-refractivity contribution >= 4 is 23.2 Å². The Kier molecular flexibility index (Phi) is 4.81. The molecule has 0 aromatic heterocycles. The van der Waals surface area contributed by atoms with Crippen LogP contribution in [-0.2, 0) is 4.79 Å². The first-order valence-electron chi connectivity index (χ1n) is 5.48. The highest BCUT2D eigenvalue weighted by Crippen LogP contribution is 2.08. The Morgan fingerprint density at radius 2 is 2.07 bits per heavy atom. The van der Waals surface area contributed by atoms with Crippen LogP contribution < -0.4 is 10.6 Å². The molecule has 0 aromatic carbocycles. The Hall–Kier alpha value is -0.840. The van der Waals surface area contributed by atoms with Crippen LogP contribution in [0, 0.1) is 0 Å². The molecule has 1 aliphatic rings. The topological polar surface area (TPSA) is 44.4 Å². The molecule has 1 aliphatic heterocycles. The number of amides is 1. The highest BCUT2D eigenvalue weighted by molar-refractivity contribution is 7.80. The van der Waals surface area contributed by atoms with Gasteiger partial charge in [-0.15, -0.1) is 0 Å². The summed E-state index contributed by atoms with van der Waals surface area (Å²) < 4.78 is 0. The first-order valence-corrected chi connectivity index (χ1v) is 5.89. The minimum absolute atomic E-state index is 0.146. The van der Waals surface area contributed by atoms with E-state index in [2.05, 4.69) is 10.6 Å². The van der Waals surface area contributed by atoms with Gasteiger partial charge in [-0.3, -0.25) is 4.79 Å². The van der Waals surface area contributed by atoms with E-state index in [1.54, 1.807) is 0 Å². The number of carbonyl (C=O) groups is 1. The number of thiocarbonyl (C=S) groups is 1. The molecule has 15 heavy (non-hydrogen) atoms. The summed E-state index contributed by atoms with van der Waals surface area (Å²) in [5.74, 6) is 0.146. The number of carbonyl (C=O) groups excluding carboxylic acids is 1. The lowest BCUT2D eigenvalue weighted by molar-refractivity contribution is -0.131. The van der Waals surface area contributed by atoms with Gasteiger partial charge in [0.15, 0.2) is 5.11 Å². The molecule has 5 heteroatoms. The second kappa shape index (κ2) is 5.90. The standard InChI is InChI=1S/C10H19N3OS/c1-3-11-10(15)12-8(2)9(14)13-6-4-5-7-13/h8H,3-7H2,1-2H3,(H2,11,12,15). The van der Waals surface area contributed by atoms with Crippen molar-refractivity contribution in [3.8, 4) is 0 Å². The van der Waals surface area contributed by atoms with Gasteiger partial charge < -0.3 is 15.5 Å². The summed E-state index contributed by atoms with van der Waals surface area (Å²) in [5.41, 5.74) is 0. The number of nitrogens with one attached hydrogen (secondary N) is 2. The number of nitrogens with zero attached hydrogens (tertiary/aromatic N) is 1. The van der Waals surface area contributed by atoms with Gasteiger partial charge in [0.05, 0.1) is 0 Å². The van der Waals surface area contributed by atoms with Crippen LogP contribution in [0.1, 0.15) is 26.7 Å². The molecule has 1 fully saturated rings. The summed E-state index contributed by atoms with van der Waals surface area (Å²) in [7, 11) is 0. The number of likely N-dealkylation sites (tertiary alicyclic amines) is 1. The van der Waals surface area contributed by atoms with Crippen LogP contribution >= 0.6 is 12.2 Å². The Morgan fingerprint density at radius 1 is 1.47 bits per heavy atom. The van der Waals surface area contributed by atoms with Crippen molar-refractivity contribution in [2.75, 3.05) is 19.6 Å². The van der Waals surface area contributed by atoms with Gasteiger partial charge in [-0.25, -0.2) is 0 Å². The minimum atomic E-state index is -0.227. The molecule has 1 amide bonds. The molecule has 1 heterocycles. The van der Waals surface area contributed by atoms with Crippen molar-refractivity contribution in [1.82, 2.24) is 15.5 Å². The average molecular weight is 229 g/mol. The lowest BCUT2D eigenvalue weighted by Crippen LogP contribution is -2.49. The van der Waals surface area contributed by atoms with E-state index in [0.717, 1.165) is 32.5 Å². The molecule has 0 radical (unpaired) electrons. The SMILES string of the molecule is CCNC(=S)NC(C)C(=O)N1CCCC1. The van der Waals surface area contributed by atoms with Gasteiger partial charge in [0.25, 0.3) is 0 Å². The van der Waals surface area contributed by atoms with Gasteiger partial charge in [-0.05, 0) is 38.9 Å². The van der Waals surface area contributed by atoms with Crippen molar-refractivity contribution in [2.45, 2.75) is 32.7 Å². The fourth-order valence-electron chi connectivity index (χ4n) is 1.68. The summed E-state index contributed by atoms with van der Waals surface area (Å²) in [6.45, 7) is 6.37. The number of hydrogen-bond donors (Lipinski definition) is 2. The second-order valence-electron chi connectivity index (χ2n) is 3.76. The van der Waals surface area contributed by atoms with Crippen LogP contribution in [0.4, 0.5) is 0 Å². The number of hydrogen-bond acceptors (Lipinski definition) is 2. The molecule has 1 atom stereocenters. The van der Waals surface area contributed by atoms with Crippen LogP contribution in [0.3, 0.4) is 0 Å². The molecule has 0 saturated carbocycles. The minimum Gasteiger partial charge on any atom is -0.363 e. The predicted molar refractivity (Wildman–Crippen MR) is 64.7 cm³/mol. The zero-order valence-corrected chi connectivity index (χ0v) is 10.2. The van der Waals surface area contributed by atoms with Crippen molar-refractivity contribution in [2.24, 2.45) is 0 Å². The summed E-state index contributed by atoms with van der Waals surface area (Å²) >= 11 is 5.03. The maximum atomic E-state index is 11.9. The van der Waals surface area contributed by atoms with Gasteiger partial charge in [-0.1, -0.05) is 0 Å². The van der Waals surface area contributed by atoms with E-state index >= 15 is 0 Å². The Morgan fingerprint density at radius 3 is 2.60 bits per heavy atom. The number of rotatable bonds is 3. The molecule has 4 nitrogen and oxygen atoms in total. The second-order valence-corrected chi connectivity index (χ2v) is 4.17. The summed E-state index contributed by atoms with van der Waals surface area (Å²) in [5, 5.41) is 6.51. The molecular formula is C10H19N3OS. The molecule has 0 aliphatic carbocycles. The van der Waals surface area contributed by atoms with E-state index in [1.165, 1.54) is 0 Å². The van der Waals surface area contributed by atoms with Gasteiger partial charge in [-0.2, -0.15) is 0 Å². The van der Waals surface area contributed by atoms with E-state index in [1.807, 2.05) is 18.7 Å². The molecule has 1 unspecified atom stereocenters. The third kappa shape index (κ3) is 3.66. The van der Waals surface area contributed by atoms with E-state index < -0.39 is 0 Å². The fraction of sp³-hybridized carbons (Fsp3) is 0.800. The summed E-state index contributed by atoms with van der Waals surface area (Å²) in [6.07, 6.45) is 2.24. The molecule has 86 valence electrons. The zero-order valence-electron chi connectivity index (χ0n) is 9.38. The molecule has 0 spiro atoms.